The van der Waals surface area contributed by atoms with Crippen LogP contribution in [-0.2, 0) is 4.74 Å². The Hall–Kier alpha value is -1.40. The van der Waals surface area contributed by atoms with Crippen molar-refractivity contribution >= 4 is 5.82 Å². The molecule has 0 aromatic carbocycles. The largest absolute Gasteiger partial charge is 0.469 e. The fraction of sp³-hybridized carbons (Fsp3) is 0.429. The number of nitrogens with two attached hydrogens (primary N) is 1. The smallest absolute Gasteiger partial charge is 0.218 e. The van der Waals surface area contributed by atoms with Gasteiger partial charge in [-0.15, -0.1) is 0 Å². The molecule has 0 spiro atoms. The van der Waals surface area contributed by atoms with Crippen molar-refractivity contribution in [3.63, 3.8) is 0 Å². The molecule has 70 valence electrons. The number of nitrogens with zero attached hydrogens (tertiary/aromatic N) is 2. The number of nitrogen functional groups attached to an aromatic ring is 1. The topological polar surface area (TPSA) is 82.3 Å². The molecular formula is C7H10N4O2. The van der Waals surface area contributed by atoms with E-state index in [0.717, 1.165) is 0 Å². The second-order valence-electron chi connectivity index (χ2n) is 2.66. The van der Waals surface area contributed by atoms with Crippen molar-refractivity contribution in [2.24, 2.45) is 5.84 Å². The summed E-state index contributed by atoms with van der Waals surface area (Å²) in [7, 11) is 0. The number of aromatic nitrogens is 2. The van der Waals surface area contributed by atoms with Crippen molar-refractivity contribution < 1.29 is 9.47 Å². The molecule has 0 amide bonds. The molecule has 0 radical (unpaired) electrons. The lowest BCUT2D eigenvalue weighted by atomic mass is 10.3. The van der Waals surface area contributed by atoms with Gasteiger partial charge in [0.2, 0.25) is 5.88 Å². The van der Waals surface area contributed by atoms with Crippen LogP contribution in [0, 0.1) is 0 Å². The molecule has 1 fully saturated rings. The van der Waals surface area contributed by atoms with E-state index in [9.17, 15) is 0 Å². The predicted molar refractivity (Wildman–Crippen MR) is 45.1 cm³/mol. The molecule has 2 heterocycles. The van der Waals surface area contributed by atoms with Gasteiger partial charge in [0.1, 0.15) is 18.2 Å². The summed E-state index contributed by atoms with van der Waals surface area (Å²) in [6.45, 7) is 1.24. The summed E-state index contributed by atoms with van der Waals surface area (Å²) in [6.07, 6.45) is 1.50. The molecule has 0 bridgehead atoms. The van der Waals surface area contributed by atoms with Gasteiger partial charge in [0.05, 0.1) is 13.2 Å². The van der Waals surface area contributed by atoms with Crippen LogP contribution in [0.4, 0.5) is 5.82 Å². The van der Waals surface area contributed by atoms with Crippen LogP contribution >= 0.6 is 0 Å². The Morgan fingerprint density at radius 2 is 2.38 bits per heavy atom. The van der Waals surface area contributed by atoms with Crippen LogP contribution in [0.5, 0.6) is 5.88 Å². The maximum absolute atomic E-state index is 5.42. The summed E-state index contributed by atoms with van der Waals surface area (Å²) in [5.74, 6) is 6.22. The van der Waals surface area contributed by atoms with Gasteiger partial charge in [-0.3, -0.25) is 0 Å². The number of ether oxygens (including phenoxy) is 2. The van der Waals surface area contributed by atoms with Crippen molar-refractivity contribution in [3.8, 4) is 5.88 Å². The van der Waals surface area contributed by atoms with E-state index in [1.807, 2.05) is 0 Å². The molecule has 1 aliphatic heterocycles. The Bertz CT molecular complexity index is 290. The third-order valence-electron chi connectivity index (χ3n) is 1.68. The number of hydrazine groups is 1. The molecular weight excluding hydrogens is 172 g/mol. The van der Waals surface area contributed by atoms with Crippen LogP contribution in [0.25, 0.3) is 0 Å². The van der Waals surface area contributed by atoms with Crippen LogP contribution in [-0.4, -0.2) is 29.3 Å². The van der Waals surface area contributed by atoms with Gasteiger partial charge in [0, 0.05) is 6.07 Å². The van der Waals surface area contributed by atoms with E-state index in [2.05, 4.69) is 15.4 Å². The Kier molecular flexibility index (Phi) is 2.24. The van der Waals surface area contributed by atoms with Crippen LogP contribution in [0.2, 0.25) is 0 Å². The quantitative estimate of drug-likeness (QED) is 0.486. The molecule has 1 aromatic heterocycles. The minimum Gasteiger partial charge on any atom is -0.469 e. The maximum Gasteiger partial charge on any atom is 0.218 e. The van der Waals surface area contributed by atoms with E-state index in [1.165, 1.54) is 6.33 Å². The first-order chi connectivity index (χ1) is 6.38. The molecule has 1 saturated heterocycles. The highest BCUT2D eigenvalue weighted by Gasteiger charge is 2.20. The van der Waals surface area contributed by atoms with Crippen LogP contribution in [0.3, 0.4) is 0 Å². The summed E-state index contributed by atoms with van der Waals surface area (Å²) in [6, 6.07) is 1.64. The Morgan fingerprint density at radius 1 is 1.54 bits per heavy atom. The number of rotatable bonds is 3. The molecule has 0 saturated carbocycles. The van der Waals surface area contributed by atoms with E-state index in [1.54, 1.807) is 6.07 Å². The van der Waals surface area contributed by atoms with Crippen LogP contribution in [0.1, 0.15) is 0 Å². The SMILES string of the molecule is NNc1cc(OC2COC2)ncn1. The second kappa shape index (κ2) is 3.55. The summed E-state index contributed by atoms with van der Waals surface area (Å²) >= 11 is 0. The standard InChI is InChI=1S/C7H10N4O2/c8-11-6-1-7(10-4-9-6)13-5-2-12-3-5/h1,4-5H,2-3,8H2,(H,9,10,11). The van der Waals surface area contributed by atoms with Crippen molar-refractivity contribution in [1.29, 1.82) is 0 Å². The highest BCUT2D eigenvalue weighted by Crippen LogP contribution is 2.14. The number of hydrogen-bond donors (Lipinski definition) is 2. The summed E-state index contributed by atoms with van der Waals surface area (Å²) < 4.78 is 10.4. The van der Waals surface area contributed by atoms with Crippen molar-refractivity contribution in [2.75, 3.05) is 18.6 Å². The van der Waals surface area contributed by atoms with Crippen molar-refractivity contribution in [2.45, 2.75) is 6.10 Å². The zero-order valence-electron chi connectivity index (χ0n) is 6.93. The van der Waals surface area contributed by atoms with E-state index in [0.29, 0.717) is 24.9 Å². The van der Waals surface area contributed by atoms with Gasteiger partial charge in [-0.1, -0.05) is 0 Å². The first-order valence-corrected chi connectivity index (χ1v) is 3.91. The van der Waals surface area contributed by atoms with E-state index >= 15 is 0 Å². The van der Waals surface area contributed by atoms with Gasteiger partial charge in [-0.05, 0) is 0 Å². The van der Waals surface area contributed by atoms with E-state index < -0.39 is 0 Å². The molecule has 3 N–H and O–H groups in total. The molecule has 1 aromatic rings. The molecule has 2 rings (SSSR count). The number of hydrogen-bond acceptors (Lipinski definition) is 6. The van der Waals surface area contributed by atoms with Gasteiger partial charge >= 0.3 is 0 Å². The van der Waals surface area contributed by atoms with Gasteiger partial charge in [0.15, 0.2) is 0 Å². The highest BCUT2D eigenvalue weighted by molar-refractivity contribution is 5.35. The summed E-state index contributed by atoms with van der Waals surface area (Å²) in [4.78, 5) is 7.78. The van der Waals surface area contributed by atoms with Crippen molar-refractivity contribution in [1.82, 2.24) is 9.97 Å². The number of nitrogens with one attached hydrogen (secondary N) is 1. The summed E-state index contributed by atoms with van der Waals surface area (Å²) in [5, 5.41) is 0. The molecule has 6 heteroatoms. The zero-order valence-corrected chi connectivity index (χ0v) is 6.93. The highest BCUT2D eigenvalue weighted by atomic mass is 16.6. The monoisotopic (exact) mass is 182 g/mol. The average molecular weight is 182 g/mol. The summed E-state index contributed by atoms with van der Waals surface area (Å²) in [5.41, 5.74) is 2.41. The van der Waals surface area contributed by atoms with Crippen LogP contribution < -0.4 is 16.0 Å². The van der Waals surface area contributed by atoms with Crippen molar-refractivity contribution in [3.05, 3.63) is 12.4 Å². The molecule has 1 aliphatic rings. The minimum absolute atomic E-state index is 0.112. The third-order valence-corrected chi connectivity index (χ3v) is 1.68. The average Bonchev–Trinajstić information content (AvgIpc) is 2.12. The predicted octanol–water partition coefficient (Wildman–Crippen LogP) is -0.460. The van der Waals surface area contributed by atoms with Gasteiger partial charge in [-0.25, -0.2) is 15.8 Å². The second-order valence-corrected chi connectivity index (χ2v) is 2.66. The van der Waals surface area contributed by atoms with E-state index in [-0.39, 0.29) is 6.10 Å². The minimum atomic E-state index is 0.112. The number of anilines is 1. The fourth-order valence-electron chi connectivity index (χ4n) is 0.936. The van der Waals surface area contributed by atoms with Crippen LogP contribution in [0.15, 0.2) is 12.4 Å². The molecule has 6 nitrogen and oxygen atoms in total. The fourth-order valence-corrected chi connectivity index (χ4v) is 0.936. The Balaban J connectivity index is 2.01. The van der Waals surface area contributed by atoms with Gasteiger partial charge in [0.25, 0.3) is 0 Å². The first-order valence-electron chi connectivity index (χ1n) is 3.91. The Morgan fingerprint density at radius 3 is 3.00 bits per heavy atom. The Labute approximate surface area is 75.0 Å². The zero-order chi connectivity index (χ0) is 9.10. The molecule has 0 aliphatic carbocycles. The van der Waals surface area contributed by atoms with E-state index in [4.69, 9.17) is 15.3 Å². The lowest BCUT2D eigenvalue weighted by Gasteiger charge is -2.25. The maximum atomic E-state index is 5.42. The third kappa shape index (κ3) is 1.85. The normalized spacial score (nSPS) is 16.4. The lowest BCUT2D eigenvalue weighted by Crippen LogP contribution is -2.38. The molecule has 0 atom stereocenters. The van der Waals surface area contributed by atoms with Gasteiger partial charge in [-0.2, -0.15) is 0 Å². The molecule has 13 heavy (non-hydrogen) atoms. The lowest BCUT2D eigenvalue weighted by molar-refractivity contribution is -0.0813. The van der Waals surface area contributed by atoms with Gasteiger partial charge < -0.3 is 14.9 Å². The first kappa shape index (κ1) is 8.21. The molecule has 0 unspecified atom stereocenters.